The van der Waals surface area contributed by atoms with E-state index in [0.29, 0.717) is 0 Å². The Morgan fingerprint density at radius 2 is 0.714 bits per heavy atom. The number of aromatic nitrogens is 2. The van der Waals surface area contributed by atoms with Gasteiger partial charge in [-0.05, 0) is 143 Å². The molecular formula is C67H42N2Si. The van der Waals surface area contributed by atoms with Crippen molar-refractivity contribution >= 4 is 72.4 Å². The minimum Gasteiger partial charge on any atom is -0.309 e. The fourth-order valence-electron chi connectivity index (χ4n) is 13.4. The highest BCUT2D eigenvalue weighted by atomic mass is 28.3. The third kappa shape index (κ3) is 4.96. The van der Waals surface area contributed by atoms with Crippen LogP contribution in [-0.4, -0.2) is 17.2 Å². The van der Waals surface area contributed by atoms with E-state index in [9.17, 15) is 0 Å². The minimum atomic E-state index is -2.68. The molecular weight excluding hydrogens is 861 g/mol. The molecule has 70 heavy (non-hydrogen) atoms. The summed E-state index contributed by atoms with van der Waals surface area (Å²) >= 11 is 0. The Hall–Kier alpha value is -8.76. The summed E-state index contributed by atoms with van der Waals surface area (Å²) in [7, 11) is -2.68. The van der Waals surface area contributed by atoms with Gasteiger partial charge in [0.25, 0.3) is 0 Å². The highest BCUT2D eigenvalue weighted by Crippen LogP contribution is 2.49. The van der Waals surface area contributed by atoms with Gasteiger partial charge in [0.2, 0.25) is 0 Å². The maximum absolute atomic E-state index is 2.68. The first-order valence-electron chi connectivity index (χ1n) is 24.5. The number of nitrogens with zero attached hydrogens (tertiary/aromatic N) is 2. The van der Waals surface area contributed by atoms with Crippen LogP contribution in [0, 0.1) is 0 Å². The van der Waals surface area contributed by atoms with Crippen molar-refractivity contribution in [3.8, 4) is 55.9 Å². The molecule has 2 nitrogen and oxygen atoms in total. The summed E-state index contributed by atoms with van der Waals surface area (Å²) in [6, 6.07) is 94.2. The monoisotopic (exact) mass is 902 g/mol. The van der Waals surface area contributed by atoms with Crippen LogP contribution in [0.15, 0.2) is 249 Å². The van der Waals surface area contributed by atoms with Crippen LogP contribution in [-0.2, 0) is 0 Å². The number of hydrogen-bond donors (Lipinski definition) is 0. The van der Waals surface area contributed by atoms with Crippen molar-refractivity contribution in [1.82, 2.24) is 9.13 Å². The van der Waals surface area contributed by atoms with Gasteiger partial charge in [0, 0.05) is 38.8 Å². The predicted octanol–water partition coefficient (Wildman–Crippen LogP) is 14.0. The quantitative estimate of drug-likeness (QED) is 0.156. The summed E-state index contributed by atoms with van der Waals surface area (Å²) < 4.78 is 4.89. The fourth-order valence-corrected chi connectivity index (χ4v) is 19.0. The third-order valence-corrected chi connectivity index (χ3v) is 21.2. The van der Waals surface area contributed by atoms with Gasteiger partial charge in [-0.15, -0.1) is 0 Å². The van der Waals surface area contributed by atoms with Gasteiger partial charge in [-0.3, -0.25) is 0 Å². The van der Waals surface area contributed by atoms with Crippen molar-refractivity contribution < 1.29 is 0 Å². The molecule has 0 fully saturated rings. The molecule has 1 atom stereocenters. The molecule has 3 heteroatoms. The molecule has 2 aliphatic heterocycles. The second-order valence-corrected chi connectivity index (χ2v) is 23.1. The zero-order valence-corrected chi connectivity index (χ0v) is 39.1. The van der Waals surface area contributed by atoms with E-state index in [-0.39, 0.29) is 5.92 Å². The Morgan fingerprint density at radius 3 is 1.31 bits per heavy atom. The molecule has 4 heterocycles. The Kier molecular flexibility index (Phi) is 7.73. The Morgan fingerprint density at radius 1 is 0.271 bits per heavy atom. The van der Waals surface area contributed by atoms with Crippen molar-refractivity contribution in [3.05, 3.63) is 265 Å². The molecule has 0 saturated carbocycles. The van der Waals surface area contributed by atoms with Crippen molar-refractivity contribution in [3.63, 3.8) is 0 Å². The van der Waals surface area contributed by atoms with E-state index in [4.69, 9.17) is 0 Å². The first kappa shape index (κ1) is 38.2. The van der Waals surface area contributed by atoms with Gasteiger partial charge in [0.05, 0.1) is 22.1 Å². The summed E-state index contributed by atoms with van der Waals surface area (Å²) in [6.07, 6.45) is 0. The molecule has 324 valence electrons. The van der Waals surface area contributed by atoms with Crippen LogP contribution in [0.5, 0.6) is 0 Å². The van der Waals surface area contributed by atoms with E-state index in [1.165, 1.54) is 137 Å². The van der Waals surface area contributed by atoms with Crippen LogP contribution in [0.25, 0.3) is 99.5 Å². The van der Waals surface area contributed by atoms with Gasteiger partial charge in [-0.2, -0.15) is 0 Å². The highest BCUT2D eigenvalue weighted by molar-refractivity contribution is 7.24. The maximum atomic E-state index is 2.56. The van der Waals surface area contributed by atoms with E-state index in [0.717, 1.165) is 0 Å². The molecule has 0 amide bonds. The molecule has 1 unspecified atom stereocenters. The van der Waals surface area contributed by atoms with Crippen molar-refractivity contribution in [2.75, 3.05) is 0 Å². The topological polar surface area (TPSA) is 9.86 Å². The molecule has 1 spiro atoms. The molecule has 13 aromatic rings. The zero-order chi connectivity index (χ0) is 45.7. The van der Waals surface area contributed by atoms with Crippen LogP contribution in [0.1, 0.15) is 22.6 Å². The van der Waals surface area contributed by atoms with Gasteiger partial charge < -0.3 is 9.13 Å². The smallest absolute Gasteiger partial charge is 0.182 e. The maximum Gasteiger partial charge on any atom is 0.182 e. The molecule has 0 bridgehead atoms. The second-order valence-electron chi connectivity index (χ2n) is 19.5. The number of para-hydroxylation sites is 3. The number of hydrogen-bond acceptors (Lipinski definition) is 0. The summed E-state index contributed by atoms with van der Waals surface area (Å²) in [4.78, 5) is 0. The van der Waals surface area contributed by atoms with Gasteiger partial charge in [-0.1, -0.05) is 188 Å². The first-order valence-corrected chi connectivity index (χ1v) is 26.5. The van der Waals surface area contributed by atoms with E-state index < -0.39 is 8.07 Å². The Balaban J connectivity index is 0.853. The van der Waals surface area contributed by atoms with Crippen LogP contribution < -0.4 is 20.7 Å². The standard InChI is InChI=1S/C67H42N2Si/c1-2-16-45(17-3-1)68-59-26-12-8-20-49(59)55-38-42(30-34-61(55)68)43-31-35-62-56(39-43)50-21-9-13-27-60(50)69(62)46-33-37-66-58(41-46)52-23-11-15-29-64(52)70(66)63-28-14-10-22-51(63)57-40-44(32-36-65(57)70)67-53-24-6-4-18-47(53)48-19-5-7-25-54(48)67/h1-41,67H. The SMILES string of the molecule is c1ccc(-n2c3ccccc3c3cc(-c4ccc5c(c4)c4ccccc4n5-c4ccc5c(c4)-c4ccccc4[Si]54c5ccccc5-c5cc(C6c7ccccc7-c7ccccc76)ccc54)ccc32)cc1. The molecule has 3 aliphatic rings. The average Bonchev–Trinajstić information content (AvgIpc) is 4.20. The van der Waals surface area contributed by atoms with Crippen LogP contribution in [0.2, 0.25) is 0 Å². The van der Waals surface area contributed by atoms with Gasteiger partial charge in [0.15, 0.2) is 8.07 Å². The summed E-state index contributed by atoms with van der Waals surface area (Å²) in [6.45, 7) is 0. The van der Waals surface area contributed by atoms with E-state index in [1.807, 2.05) is 0 Å². The van der Waals surface area contributed by atoms with Crippen molar-refractivity contribution in [2.45, 2.75) is 5.92 Å². The summed E-state index contributed by atoms with van der Waals surface area (Å²) in [5.74, 6) is 0.202. The Labute approximate surface area is 406 Å². The number of rotatable bonds is 4. The summed E-state index contributed by atoms with van der Waals surface area (Å²) in [5.41, 5.74) is 22.0. The molecule has 0 N–H and O–H groups in total. The fraction of sp³-hybridized carbons (Fsp3) is 0.0149. The van der Waals surface area contributed by atoms with Crippen LogP contribution in [0.3, 0.4) is 0 Å². The predicted molar refractivity (Wildman–Crippen MR) is 295 cm³/mol. The Bertz CT molecular complexity index is 4340. The lowest BCUT2D eigenvalue weighted by Gasteiger charge is -2.28. The third-order valence-electron chi connectivity index (χ3n) is 16.2. The van der Waals surface area contributed by atoms with Gasteiger partial charge in [0.1, 0.15) is 0 Å². The minimum absolute atomic E-state index is 0.202. The highest BCUT2D eigenvalue weighted by Gasteiger charge is 2.54. The molecule has 2 aromatic heterocycles. The lowest BCUT2D eigenvalue weighted by atomic mass is 9.88. The van der Waals surface area contributed by atoms with Crippen molar-refractivity contribution in [2.24, 2.45) is 0 Å². The van der Waals surface area contributed by atoms with Crippen LogP contribution in [0.4, 0.5) is 0 Å². The van der Waals surface area contributed by atoms with Gasteiger partial charge in [-0.25, -0.2) is 0 Å². The molecule has 0 radical (unpaired) electrons. The van der Waals surface area contributed by atoms with E-state index >= 15 is 0 Å². The van der Waals surface area contributed by atoms with Crippen LogP contribution >= 0.6 is 0 Å². The molecule has 1 aliphatic carbocycles. The van der Waals surface area contributed by atoms with E-state index in [1.54, 1.807) is 0 Å². The first-order chi connectivity index (χ1) is 34.7. The molecule has 11 aromatic carbocycles. The molecule has 0 saturated heterocycles. The van der Waals surface area contributed by atoms with E-state index in [2.05, 4.69) is 258 Å². The zero-order valence-electron chi connectivity index (χ0n) is 38.1. The number of benzene rings is 11. The van der Waals surface area contributed by atoms with Gasteiger partial charge >= 0.3 is 0 Å². The lowest BCUT2D eigenvalue weighted by molar-refractivity contribution is 1.02. The normalized spacial score (nSPS) is 15.1. The lowest BCUT2D eigenvalue weighted by Crippen LogP contribution is -2.70. The molecule has 16 rings (SSSR count). The largest absolute Gasteiger partial charge is 0.309 e. The van der Waals surface area contributed by atoms with Crippen molar-refractivity contribution in [1.29, 1.82) is 0 Å². The number of fused-ring (bicyclic) bond motifs is 19. The second kappa shape index (κ2) is 14.1. The summed E-state index contributed by atoms with van der Waals surface area (Å²) in [5, 5.41) is 11.0. The average molecular weight is 903 g/mol.